The summed E-state index contributed by atoms with van der Waals surface area (Å²) in [5.41, 5.74) is 34.1. The van der Waals surface area contributed by atoms with Gasteiger partial charge in [0.2, 0.25) is 0 Å². The van der Waals surface area contributed by atoms with E-state index < -0.39 is 0 Å². The Balaban J connectivity index is 0.000000101. The maximum atomic E-state index is 5.25. The van der Waals surface area contributed by atoms with Gasteiger partial charge in [-0.2, -0.15) is 22.7 Å². The predicted octanol–water partition coefficient (Wildman–Crippen LogP) is 40.6. The van der Waals surface area contributed by atoms with E-state index >= 15 is 0 Å². The lowest BCUT2D eigenvalue weighted by atomic mass is 9.87. The molecule has 0 unspecified atom stereocenters. The monoisotopic (exact) mass is 1980 g/mol. The van der Waals surface area contributed by atoms with Gasteiger partial charge in [-0.3, -0.25) is 9.13 Å². The average molecular weight is 1980 g/mol. The maximum Gasteiger partial charge on any atom is 0.145 e. The lowest BCUT2D eigenvalue weighted by Crippen LogP contribution is -2.12. The normalized spacial score (nSPS) is 12.0. The number of hydrogen-bond donors (Lipinski definition) is 0. The minimum Gasteiger partial charge on any atom is -0.309 e. The van der Waals surface area contributed by atoms with Gasteiger partial charge in [-0.25, -0.2) is 9.97 Å². The van der Waals surface area contributed by atoms with Gasteiger partial charge in [-0.1, -0.05) is 267 Å². The first-order valence-corrected chi connectivity index (χ1v) is 55.0. The smallest absolute Gasteiger partial charge is 0.145 e. The molecule has 0 saturated carbocycles. The van der Waals surface area contributed by atoms with E-state index in [4.69, 9.17) is 9.97 Å². The number of benzene rings is 22. The second-order valence-electron chi connectivity index (χ2n) is 36.8. The van der Waals surface area contributed by atoms with Gasteiger partial charge >= 0.3 is 0 Å². The topological polar surface area (TPSA) is 42.1 Å². The molecular formula is C130H76N6S8. The predicted molar refractivity (Wildman–Crippen MR) is 627 cm³/mol. The molecule has 144 heavy (non-hydrogen) atoms. The average Bonchev–Trinajstić information content (AvgIpc) is 0.803. The van der Waals surface area contributed by atoms with Crippen molar-refractivity contribution in [2.45, 2.75) is 0 Å². The Bertz CT molecular complexity index is 9750. The highest BCUT2D eigenvalue weighted by Crippen LogP contribution is 2.62. The zero-order valence-electron chi connectivity index (χ0n) is 76.8. The number of anilines is 6. The molecule has 6 aliphatic rings. The maximum absolute atomic E-state index is 5.25. The second-order valence-corrected chi connectivity index (χ2v) is 44.7. The Morgan fingerprint density at radius 3 is 0.812 bits per heavy atom. The van der Waals surface area contributed by atoms with Crippen LogP contribution in [0.5, 0.6) is 0 Å². The SMILES string of the molecule is c1cc(-c2ccsc2)cc(-c2cc3cccc4sc5c(-c6cccc(-c7ccsc7)c6)cc6cccc7sc2c(c34)-c5c67)c1.c1ccc(-c2nc3ccccc3n2-c2cc3cccc4sc5c(-n6c(-c7ccccc7)nc7ccccc76)cc6cccc7sc2c(c34)-c5c67)cc1.c1ccc(N(c2ccccc2)c2cc3cccc4sc5c(N(c6ccccc6)c6ccccc6)cc6cccc7sc2c(c34)-c5c67)cc1. The minimum atomic E-state index is 0.946. The van der Waals surface area contributed by atoms with Crippen LogP contribution in [0.3, 0.4) is 0 Å². The van der Waals surface area contributed by atoms with Crippen LogP contribution in [0.1, 0.15) is 0 Å². The van der Waals surface area contributed by atoms with Crippen LogP contribution in [-0.4, -0.2) is 19.1 Å². The number of aromatic nitrogens is 4. The number of rotatable bonds is 14. The van der Waals surface area contributed by atoms with Crippen molar-refractivity contribution >= 4 is 268 Å². The Labute approximate surface area is 859 Å². The lowest BCUT2D eigenvalue weighted by Gasteiger charge is -2.32. The number of imidazole rings is 2. The molecule has 0 atom stereocenters. The molecule has 0 saturated heterocycles. The van der Waals surface area contributed by atoms with E-state index in [1.54, 1.807) is 22.7 Å². The standard InChI is InChI=1S/C46H26N4S2.C44H28N2S2.C40H22S4/c1-3-13-27(14-4-1)45-47-31-19-7-9-21-33(31)49(45)35-25-29-17-11-24-38-39(29)41-42-40-30(18-12-23-37(40)51-43(35)41)26-36(44(42)52-38)50-34-22-10-8-20-32(34)48-46(50)28-15-5-2-6-16-28;1-5-17-31(18-6-1)45(32-19-7-2-8-20-32)35-27-29-15-13-26-38-39(29)41-42-40-30(16-14-25-37(40)47-43(35)41)28-36(44(42)48-38)46(33-21-9-3-10-22-33)34-23-11-4-12-24-34;1-5-23(29-13-15-41-21-29)17-25(7-1)31-19-27-9-3-12-34-35(27)37-38-36-28(10-4-11-33(36)43-39(31)37)20-32(40(38)44-34)26-8-2-6-24(18-26)30-14-16-42-22-30/h1-26H;1-28H;1-22H. The van der Waals surface area contributed by atoms with Crippen LogP contribution in [-0.2, 0) is 0 Å². The summed E-state index contributed by atoms with van der Waals surface area (Å²) in [5.74, 6) is 1.89. The minimum absolute atomic E-state index is 0.946. The molecule has 0 bridgehead atoms. The molecule has 0 aliphatic carbocycles. The van der Waals surface area contributed by atoms with Crippen LogP contribution in [0, 0.1) is 0 Å². The summed E-state index contributed by atoms with van der Waals surface area (Å²) < 4.78 is 20.5. The fraction of sp³-hybridized carbons (Fsp3) is 0. The Morgan fingerprint density at radius 1 is 0.201 bits per heavy atom. The van der Waals surface area contributed by atoms with Gasteiger partial charge in [0.15, 0.2) is 0 Å². The third-order valence-electron chi connectivity index (χ3n) is 28.7. The van der Waals surface area contributed by atoms with Crippen molar-refractivity contribution in [3.05, 3.63) is 458 Å². The van der Waals surface area contributed by atoms with E-state index in [9.17, 15) is 0 Å². The highest BCUT2D eigenvalue weighted by Gasteiger charge is 2.35. The first-order valence-electron chi connectivity index (χ1n) is 48.2. The summed E-state index contributed by atoms with van der Waals surface area (Å²) in [7, 11) is 0. The van der Waals surface area contributed by atoms with E-state index in [-0.39, 0.29) is 0 Å². The largest absolute Gasteiger partial charge is 0.309 e. The summed E-state index contributed by atoms with van der Waals surface area (Å²) in [6.07, 6.45) is 0. The van der Waals surface area contributed by atoms with Gasteiger partial charge in [0, 0.05) is 148 Å². The van der Waals surface area contributed by atoms with Gasteiger partial charge in [0.1, 0.15) is 11.6 Å². The lowest BCUT2D eigenvalue weighted by molar-refractivity contribution is 1.12. The zero-order valence-corrected chi connectivity index (χ0v) is 83.4. The van der Waals surface area contributed by atoms with Crippen LogP contribution in [0.4, 0.5) is 34.1 Å². The van der Waals surface area contributed by atoms with Crippen LogP contribution in [0.2, 0.25) is 0 Å². The van der Waals surface area contributed by atoms with Crippen molar-refractivity contribution in [3.8, 4) is 112 Å². The molecule has 10 heterocycles. The summed E-state index contributed by atoms with van der Waals surface area (Å²) in [5, 5.41) is 24.5. The van der Waals surface area contributed by atoms with Crippen LogP contribution in [0.25, 0.3) is 255 Å². The molecule has 6 nitrogen and oxygen atoms in total. The molecule has 0 fully saturated rings. The molecule has 0 radical (unpaired) electrons. The van der Waals surface area contributed by atoms with E-state index in [2.05, 4.69) is 477 Å². The Kier molecular flexibility index (Phi) is 19.5. The van der Waals surface area contributed by atoms with Gasteiger partial charge < -0.3 is 9.80 Å². The van der Waals surface area contributed by atoms with E-state index in [0.717, 1.165) is 79.0 Å². The van der Waals surface area contributed by atoms with E-state index in [1.807, 2.05) is 68.0 Å². The van der Waals surface area contributed by atoms with Crippen molar-refractivity contribution in [1.82, 2.24) is 19.1 Å². The molecule has 32 rings (SSSR count). The Hall–Kier alpha value is -16.3. The number of nitrogens with zero attached hydrogens (tertiary/aromatic N) is 6. The highest BCUT2D eigenvalue weighted by atomic mass is 32.1. The first kappa shape index (κ1) is 83.4. The molecule has 26 aromatic rings. The van der Waals surface area contributed by atoms with Crippen LogP contribution >= 0.6 is 90.7 Å². The second kappa shape index (κ2) is 33.7. The molecule has 674 valence electrons. The van der Waals surface area contributed by atoms with Crippen molar-refractivity contribution in [2.75, 3.05) is 9.80 Å². The molecule has 4 aromatic heterocycles. The molecule has 0 spiro atoms. The fourth-order valence-electron chi connectivity index (χ4n) is 22.5. The Morgan fingerprint density at radius 2 is 0.472 bits per heavy atom. The van der Waals surface area contributed by atoms with Gasteiger partial charge in [0.25, 0.3) is 0 Å². The van der Waals surface area contributed by atoms with E-state index in [1.165, 1.54) is 210 Å². The number of fused-ring (bicyclic) bond motifs is 2. The third kappa shape index (κ3) is 13.3. The van der Waals surface area contributed by atoms with Gasteiger partial charge in [-0.05, 0) is 257 Å². The number of para-hydroxylation sites is 8. The van der Waals surface area contributed by atoms with E-state index in [0.29, 0.717) is 0 Å². The fourth-order valence-corrected chi connectivity index (χ4v) is 31.4. The number of hydrogen-bond acceptors (Lipinski definition) is 12. The molecule has 0 amide bonds. The van der Waals surface area contributed by atoms with Crippen molar-refractivity contribution in [1.29, 1.82) is 0 Å². The summed E-state index contributed by atoms with van der Waals surface area (Å²) in [6.45, 7) is 0. The van der Waals surface area contributed by atoms with Crippen molar-refractivity contribution in [2.24, 2.45) is 0 Å². The highest BCUT2D eigenvalue weighted by molar-refractivity contribution is 7.29. The van der Waals surface area contributed by atoms with Gasteiger partial charge in [0.05, 0.1) is 63.6 Å². The zero-order chi connectivity index (χ0) is 94.3. The molecular weight excluding hydrogens is 1900 g/mol. The molecule has 0 N–H and O–H groups in total. The number of thiophene rings is 2. The third-order valence-corrected chi connectivity index (χ3v) is 37.1. The van der Waals surface area contributed by atoms with Crippen molar-refractivity contribution < 1.29 is 0 Å². The van der Waals surface area contributed by atoms with Gasteiger partial charge in [-0.15, -0.1) is 68.0 Å². The molecule has 6 aliphatic heterocycles. The van der Waals surface area contributed by atoms with Crippen LogP contribution < -0.4 is 9.80 Å². The first-order chi connectivity index (χ1) is 71.4. The molecule has 14 heteroatoms. The van der Waals surface area contributed by atoms with Crippen LogP contribution in [0.15, 0.2) is 458 Å². The molecule has 22 aromatic carbocycles. The van der Waals surface area contributed by atoms with Crippen molar-refractivity contribution in [3.63, 3.8) is 0 Å². The summed E-state index contributed by atoms with van der Waals surface area (Å²) in [4.78, 5) is 15.4. The quantitative estimate of drug-likeness (QED) is 0.0804. The summed E-state index contributed by atoms with van der Waals surface area (Å²) in [6, 6.07) is 159. The summed E-state index contributed by atoms with van der Waals surface area (Å²) >= 11 is 15.0.